The van der Waals surface area contributed by atoms with Gasteiger partial charge < -0.3 is 9.47 Å². The normalized spacial score (nSPS) is 17.8. The number of halogens is 1. The fourth-order valence-electron chi connectivity index (χ4n) is 4.70. The first-order valence-corrected chi connectivity index (χ1v) is 13.0. The number of hydrogen-bond acceptors (Lipinski definition) is 4. The van der Waals surface area contributed by atoms with Crippen molar-refractivity contribution in [2.75, 3.05) is 13.1 Å². The molecule has 178 valence electrons. The van der Waals surface area contributed by atoms with Crippen LogP contribution in [0.15, 0.2) is 52.3 Å². The molecule has 2 fully saturated rings. The van der Waals surface area contributed by atoms with Crippen LogP contribution in [-0.2, 0) is 27.9 Å². The Kier molecular flexibility index (Phi) is 7.29. The molecular formula is C24H30FN3O4S. The van der Waals surface area contributed by atoms with Gasteiger partial charge in [-0.05, 0) is 49.4 Å². The molecule has 1 aliphatic carbocycles. The fourth-order valence-corrected chi connectivity index (χ4v) is 6.24. The molecule has 0 bridgehead atoms. The van der Waals surface area contributed by atoms with Gasteiger partial charge in [-0.3, -0.25) is 9.59 Å². The van der Waals surface area contributed by atoms with Crippen molar-refractivity contribution in [3.63, 3.8) is 0 Å². The Morgan fingerprint density at radius 3 is 2.30 bits per heavy atom. The highest BCUT2D eigenvalue weighted by molar-refractivity contribution is 7.89. The number of sulfonamides is 1. The summed E-state index contributed by atoms with van der Waals surface area (Å²) in [6.45, 7) is 1.02. The van der Waals surface area contributed by atoms with E-state index in [1.165, 1.54) is 39.3 Å². The van der Waals surface area contributed by atoms with Crippen molar-refractivity contribution in [1.29, 1.82) is 0 Å². The van der Waals surface area contributed by atoms with E-state index in [0.717, 1.165) is 50.5 Å². The number of pyridine rings is 1. The van der Waals surface area contributed by atoms with E-state index < -0.39 is 15.6 Å². The first-order chi connectivity index (χ1) is 15.8. The van der Waals surface area contributed by atoms with Gasteiger partial charge in [0.05, 0.1) is 4.90 Å². The summed E-state index contributed by atoms with van der Waals surface area (Å²) >= 11 is 0. The maximum absolute atomic E-state index is 13.4. The highest BCUT2D eigenvalue weighted by atomic mass is 32.2. The molecule has 0 atom stereocenters. The Hall–Kier alpha value is -2.52. The second-order valence-electron chi connectivity index (χ2n) is 8.88. The summed E-state index contributed by atoms with van der Waals surface area (Å²) in [4.78, 5) is 27.7. The third-order valence-electron chi connectivity index (χ3n) is 6.57. The van der Waals surface area contributed by atoms with Gasteiger partial charge in [0.25, 0.3) is 5.56 Å². The fraction of sp³-hybridized carbons (Fsp3) is 0.500. The largest absolute Gasteiger partial charge is 0.334 e. The maximum atomic E-state index is 13.4. The molecule has 0 unspecified atom stereocenters. The number of amides is 1. The quantitative estimate of drug-likeness (QED) is 0.616. The van der Waals surface area contributed by atoms with Crippen LogP contribution in [-0.4, -0.2) is 47.2 Å². The monoisotopic (exact) mass is 475 g/mol. The minimum absolute atomic E-state index is 0.0274. The number of carbonyl (C=O) groups is 1. The molecule has 2 aliphatic rings. The molecule has 2 heterocycles. The second-order valence-corrected chi connectivity index (χ2v) is 10.8. The molecule has 33 heavy (non-hydrogen) atoms. The highest BCUT2D eigenvalue weighted by Gasteiger charge is 2.29. The lowest BCUT2D eigenvalue weighted by Gasteiger charge is -2.34. The summed E-state index contributed by atoms with van der Waals surface area (Å²) in [5.74, 6) is -0.582. The first-order valence-electron chi connectivity index (χ1n) is 11.6. The molecule has 0 N–H and O–H groups in total. The SMILES string of the molecule is O=C(Cn1cc(S(=O)(=O)N2CCCC2)ccc1=O)N(Cc1ccc(F)cc1)C1CCCCC1. The lowest BCUT2D eigenvalue weighted by Crippen LogP contribution is -2.43. The molecule has 9 heteroatoms. The average molecular weight is 476 g/mol. The van der Waals surface area contributed by atoms with Crippen molar-refractivity contribution in [2.45, 2.75) is 69.0 Å². The lowest BCUT2D eigenvalue weighted by molar-refractivity contribution is -0.135. The van der Waals surface area contributed by atoms with Gasteiger partial charge >= 0.3 is 0 Å². The van der Waals surface area contributed by atoms with E-state index in [4.69, 9.17) is 0 Å². The summed E-state index contributed by atoms with van der Waals surface area (Å²) in [5, 5.41) is 0. The van der Waals surface area contributed by atoms with E-state index in [0.29, 0.717) is 19.6 Å². The van der Waals surface area contributed by atoms with E-state index in [1.807, 2.05) is 0 Å². The van der Waals surface area contributed by atoms with Crippen molar-refractivity contribution < 1.29 is 17.6 Å². The van der Waals surface area contributed by atoms with Gasteiger partial charge in [0.15, 0.2) is 0 Å². The Balaban J connectivity index is 1.58. The van der Waals surface area contributed by atoms with Gasteiger partial charge in [-0.2, -0.15) is 4.31 Å². The summed E-state index contributed by atoms with van der Waals surface area (Å²) in [7, 11) is -3.69. The van der Waals surface area contributed by atoms with Crippen LogP contribution in [0, 0.1) is 5.82 Å². The van der Waals surface area contributed by atoms with E-state index in [9.17, 15) is 22.4 Å². The van der Waals surface area contributed by atoms with E-state index in [2.05, 4.69) is 0 Å². The molecule has 4 rings (SSSR count). The molecule has 1 saturated carbocycles. The molecule has 0 radical (unpaired) electrons. The molecule has 1 aromatic heterocycles. The molecule has 1 amide bonds. The number of nitrogens with zero attached hydrogens (tertiary/aromatic N) is 3. The molecule has 1 saturated heterocycles. The van der Waals surface area contributed by atoms with Crippen molar-refractivity contribution in [3.8, 4) is 0 Å². The van der Waals surface area contributed by atoms with Crippen LogP contribution >= 0.6 is 0 Å². The van der Waals surface area contributed by atoms with Crippen molar-refractivity contribution in [1.82, 2.24) is 13.8 Å². The molecule has 7 nitrogen and oxygen atoms in total. The number of rotatable bonds is 7. The van der Waals surface area contributed by atoms with E-state index in [1.54, 1.807) is 17.0 Å². The minimum atomic E-state index is -3.69. The predicted molar refractivity (Wildman–Crippen MR) is 123 cm³/mol. The molecule has 0 spiro atoms. The van der Waals surface area contributed by atoms with Gasteiger partial charge in [0, 0.05) is 37.9 Å². The van der Waals surface area contributed by atoms with Crippen LogP contribution in [0.2, 0.25) is 0 Å². The zero-order valence-electron chi connectivity index (χ0n) is 18.7. The highest BCUT2D eigenvalue weighted by Crippen LogP contribution is 2.25. The number of hydrogen-bond donors (Lipinski definition) is 0. The van der Waals surface area contributed by atoms with Crippen LogP contribution in [0.3, 0.4) is 0 Å². The van der Waals surface area contributed by atoms with E-state index >= 15 is 0 Å². The Morgan fingerprint density at radius 1 is 0.970 bits per heavy atom. The second kappa shape index (κ2) is 10.2. The van der Waals surface area contributed by atoms with Gasteiger partial charge in [-0.25, -0.2) is 12.8 Å². The first kappa shape index (κ1) is 23.6. The Bertz CT molecular complexity index is 1140. The van der Waals surface area contributed by atoms with Crippen LogP contribution in [0.5, 0.6) is 0 Å². The molecule has 2 aromatic rings. The Morgan fingerprint density at radius 2 is 1.64 bits per heavy atom. The number of aromatic nitrogens is 1. The van der Waals surface area contributed by atoms with Crippen LogP contribution < -0.4 is 5.56 Å². The Labute approximate surface area is 193 Å². The smallest absolute Gasteiger partial charge is 0.251 e. The predicted octanol–water partition coefficient (Wildman–Crippen LogP) is 3.13. The summed E-state index contributed by atoms with van der Waals surface area (Å²) < 4.78 is 41.8. The zero-order valence-corrected chi connectivity index (χ0v) is 19.5. The van der Waals surface area contributed by atoms with Crippen LogP contribution in [0.25, 0.3) is 0 Å². The topological polar surface area (TPSA) is 79.7 Å². The number of benzene rings is 1. The summed E-state index contributed by atoms with van der Waals surface area (Å²) in [6.07, 6.45) is 7.86. The van der Waals surface area contributed by atoms with Crippen molar-refractivity contribution >= 4 is 15.9 Å². The third-order valence-corrected chi connectivity index (χ3v) is 8.45. The summed E-state index contributed by atoms with van der Waals surface area (Å²) in [5.41, 5.74) is 0.391. The van der Waals surface area contributed by atoms with Gasteiger partial charge in [0.2, 0.25) is 15.9 Å². The zero-order chi connectivity index (χ0) is 23.4. The van der Waals surface area contributed by atoms with Crippen LogP contribution in [0.1, 0.15) is 50.5 Å². The molecular weight excluding hydrogens is 445 g/mol. The van der Waals surface area contributed by atoms with Gasteiger partial charge in [-0.15, -0.1) is 0 Å². The number of carbonyl (C=O) groups excluding carboxylic acids is 1. The van der Waals surface area contributed by atoms with Gasteiger partial charge in [0.1, 0.15) is 12.4 Å². The summed E-state index contributed by atoms with van der Waals surface area (Å²) in [6, 6.07) is 8.63. The van der Waals surface area contributed by atoms with Crippen molar-refractivity contribution in [2.24, 2.45) is 0 Å². The maximum Gasteiger partial charge on any atom is 0.251 e. The average Bonchev–Trinajstić information content (AvgIpc) is 3.36. The third kappa shape index (κ3) is 5.52. The van der Waals surface area contributed by atoms with Gasteiger partial charge in [-0.1, -0.05) is 31.4 Å². The lowest BCUT2D eigenvalue weighted by atomic mass is 9.93. The van der Waals surface area contributed by atoms with E-state index in [-0.39, 0.29) is 29.2 Å². The molecule has 1 aliphatic heterocycles. The van der Waals surface area contributed by atoms with Crippen LogP contribution in [0.4, 0.5) is 4.39 Å². The molecule has 1 aromatic carbocycles. The standard InChI is InChI=1S/C24H30FN3O4S/c25-20-10-8-19(9-11-20)16-28(21-6-2-1-3-7-21)24(30)18-26-17-22(12-13-23(26)29)33(31,32)27-14-4-5-15-27/h8-13,17,21H,1-7,14-16,18H2. The van der Waals surface area contributed by atoms with Crippen molar-refractivity contribution in [3.05, 3.63) is 64.3 Å². The minimum Gasteiger partial charge on any atom is -0.334 e.